The summed E-state index contributed by atoms with van der Waals surface area (Å²) in [5.74, 6) is -0.192. The molecule has 4 heteroatoms. The van der Waals surface area contributed by atoms with Crippen molar-refractivity contribution in [1.82, 2.24) is 10.2 Å². The number of halogens is 1. The summed E-state index contributed by atoms with van der Waals surface area (Å²) >= 11 is 0. The van der Waals surface area contributed by atoms with Gasteiger partial charge in [0.25, 0.3) is 0 Å². The summed E-state index contributed by atoms with van der Waals surface area (Å²) in [6.45, 7) is 9.00. The molecule has 0 amide bonds. The number of ether oxygens (including phenoxy) is 1. The van der Waals surface area contributed by atoms with Crippen LogP contribution in [0.3, 0.4) is 0 Å². The van der Waals surface area contributed by atoms with Crippen LogP contribution in [0.15, 0.2) is 24.3 Å². The maximum absolute atomic E-state index is 13.1. The molecule has 2 rings (SSSR count). The molecule has 0 spiro atoms. The minimum absolute atomic E-state index is 0.126. The first kappa shape index (κ1) is 15.4. The number of likely N-dealkylation sites (N-methyl/N-ethyl adjacent to an activating group) is 1. The van der Waals surface area contributed by atoms with E-state index in [9.17, 15) is 4.39 Å². The van der Waals surface area contributed by atoms with Crippen LogP contribution in [0.5, 0.6) is 0 Å². The van der Waals surface area contributed by atoms with Crippen LogP contribution in [0, 0.1) is 5.82 Å². The lowest BCUT2D eigenvalue weighted by atomic mass is 9.99. The SMILES string of the molecule is CCCNC(c1ccc(F)cc1)C1CN(CC)CCO1. The second-order valence-corrected chi connectivity index (χ2v) is 5.29. The number of hydrogen-bond acceptors (Lipinski definition) is 3. The second-order valence-electron chi connectivity index (χ2n) is 5.29. The first-order valence-corrected chi connectivity index (χ1v) is 7.57. The molecule has 2 unspecified atom stereocenters. The van der Waals surface area contributed by atoms with E-state index < -0.39 is 0 Å². The third kappa shape index (κ3) is 4.01. The molecule has 0 saturated carbocycles. The quantitative estimate of drug-likeness (QED) is 0.867. The molecule has 0 radical (unpaired) electrons. The van der Waals surface area contributed by atoms with Crippen LogP contribution in [0.25, 0.3) is 0 Å². The van der Waals surface area contributed by atoms with E-state index in [4.69, 9.17) is 4.74 Å². The van der Waals surface area contributed by atoms with Crippen molar-refractivity contribution in [3.63, 3.8) is 0 Å². The molecule has 20 heavy (non-hydrogen) atoms. The van der Waals surface area contributed by atoms with E-state index >= 15 is 0 Å². The smallest absolute Gasteiger partial charge is 0.123 e. The van der Waals surface area contributed by atoms with Gasteiger partial charge in [0.15, 0.2) is 0 Å². The molecule has 0 bridgehead atoms. The number of nitrogens with zero attached hydrogens (tertiary/aromatic N) is 1. The summed E-state index contributed by atoms with van der Waals surface area (Å²) in [6.07, 6.45) is 1.20. The van der Waals surface area contributed by atoms with Gasteiger partial charge in [-0.05, 0) is 37.2 Å². The van der Waals surface area contributed by atoms with Crippen LogP contribution in [0.4, 0.5) is 4.39 Å². The molecule has 1 aliphatic rings. The third-order valence-corrected chi connectivity index (χ3v) is 3.84. The van der Waals surface area contributed by atoms with Gasteiger partial charge in [0.2, 0.25) is 0 Å². The Morgan fingerprint density at radius 2 is 2.10 bits per heavy atom. The molecular weight excluding hydrogens is 255 g/mol. The molecule has 0 aliphatic carbocycles. The molecule has 1 heterocycles. The fraction of sp³-hybridized carbons (Fsp3) is 0.625. The summed E-state index contributed by atoms with van der Waals surface area (Å²) < 4.78 is 19.1. The van der Waals surface area contributed by atoms with Gasteiger partial charge in [0.05, 0.1) is 18.8 Å². The zero-order valence-electron chi connectivity index (χ0n) is 12.4. The minimum atomic E-state index is -0.192. The molecule has 1 aromatic rings. The first-order valence-electron chi connectivity index (χ1n) is 7.57. The molecule has 2 atom stereocenters. The van der Waals surface area contributed by atoms with Gasteiger partial charge in [-0.1, -0.05) is 26.0 Å². The van der Waals surface area contributed by atoms with E-state index in [1.54, 1.807) is 0 Å². The molecule has 112 valence electrons. The number of benzene rings is 1. The van der Waals surface area contributed by atoms with E-state index in [1.165, 1.54) is 12.1 Å². The Hall–Kier alpha value is -0.970. The molecule has 1 fully saturated rings. The number of rotatable bonds is 6. The number of hydrogen-bond donors (Lipinski definition) is 1. The Bertz CT molecular complexity index is 396. The van der Waals surface area contributed by atoms with Crippen molar-refractivity contribution in [2.75, 3.05) is 32.8 Å². The van der Waals surface area contributed by atoms with Crippen molar-refractivity contribution >= 4 is 0 Å². The van der Waals surface area contributed by atoms with E-state index in [2.05, 4.69) is 24.1 Å². The van der Waals surface area contributed by atoms with Crippen LogP contribution in [-0.2, 0) is 4.74 Å². The van der Waals surface area contributed by atoms with E-state index in [1.807, 2.05) is 12.1 Å². The van der Waals surface area contributed by atoms with Crippen molar-refractivity contribution in [2.24, 2.45) is 0 Å². The van der Waals surface area contributed by atoms with Crippen LogP contribution < -0.4 is 5.32 Å². The highest BCUT2D eigenvalue weighted by molar-refractivity contribution is 5.21. The topological polar surface area (TPSA) is 24.5 Å². The number of nitrogens with one attached hydrogen (secondary N) is 1. The highest BCUT2D eigenvalue weighted by Crippen LogP contribution is 2.23. The average molecular weight is 280 g/mol. The largest absolute Gasteiger partial charge is 0.374 e. The first-order chi connectivity index (χ1) is 9.74. The highest BCUT2D eigenvalue weighted by Gasteiger charge is 2.28. The van der Waals surface area contributed by atoms with Gasteiger partial charge in [-0.15, -0.1) is 0 Å². The summed E-state index contributed by atoms with van der Waals surface area (Å²) in [5.41, 5.74) is 1.10. The van der Waals surface area contributed by atoms with Gasteiger partial charge in [0.1, 0.15) is 5.82 Å². The molecule has 1 aromatic carbocycles. The van der Waals surface area contributed by atoms with E-state index in [0.29, 0.717) is 0 Å². The second kappa shape index (κ2) is 7.72. The molecule has 1 aliphatic heterocycles. The van der Waals surface area contributed by atoms with Crippen molar-refractivity contribution in [3.8, 4) is 0 Å². The molecular formula is C16H25FN2O. The summed E-state index contributed by atoms with van der Waals surface area (Å²) in [7, 11) is 0. The maximum Gasteiger partial charge on any atom is 0.123 e. The molecule has 1 N–H and O–H groups in total. The molecule has 0 aromatic heterocycles. The lowest BCUT2D eigenvalue weighted by Crippen LogP contribution is -2.48. The zero-order chi connectivity index (χ0) is 14.4. The van der Waals surface area contributed by atoms with Crippen LogP contribution >= 0.6 is 0 Å². The van der Waals surface area contributed by atoms with E-state index in [-0.39, 0.29) is 18.0 Å². The lowest BCUT2D eigenvalue weighted by Gasteiger charge is -2.37. The van der Waals surface area contributed by atoms with Gasteiger partial charge in [0, 0.05) is 13.1 Å². The van der Waals surface area contributed by atoms with Gasteiger partial charge in [-0.3, -0.25) is 4.90 Å². The maximum atomic E-state index is 13.1. The van der Waals surface area contributed by atoms with Crippen molar-refractivity contribution < 1.29 is 9.13 Å². The summed E-state index contributed by atoms with van der Waals surface area (Å²) in [4.78, 5) is 2.40. The van der Waals surface area contributed by atoms with Gasteiger partial charge in [-0.25, -0.2) is 4.39 Å². The van der Waals surface area contributed by atoms with Crippen LogP contribution in [-0.4, -0.2) is 43.8 Å². The van der Waals surface area contributed by atoms with Crippen LogP contribution in [0.2, 0.25) is 0 Å². The Labute approximate surface area is 121 Å². The molecule has 3 nitrogen and oxygen atoms in total. The standard InChI is InChI=1S/C16H25FN2O/c1-3-9-18-16(13-5-7-14(17)8-6-13)15-12-19(4-2)10-11-20-15/h5-8,15-16,18H,3-4,9-12H2,1-2H3. The molecule has 1 saturated heterocycles. The van der Waals surface area contributed by atoms with Crippen molar-refractivity contribution in [3.05, 3.63) is 35.6 Å². The normalized spacial score (nSPS) is 21.9. The van der Waals surface area contributed by atoms with E-state index in [0.717, 1.165) is 44.8 Å². The highest BCUT2D eigenvalue weighted by atomic mass is 19.1. The van der Waals surface area contributed by atoms with Gasteiger partial charge >= 0.3 is 0 Å². The lowest BCUT2D eigenvalue weighted by molar-refractivity contribution is -0.0455. The number of morpholine rings is 1. The Kier molecular flexibility index (Phi) is 5.95. The van der Waals surface area contributed by atoms with Gasteiger partial charge < -0.3 is 10.1 Å². The third-order valence-electron chi connectivity index (χ3n) is 3.84. The fourth-order valence-corrected chi connectivity index (χ4v) is 2.65. The summed E-state index contributed by atoms with van der Waals surface area (Å²) in [6, 6.07) is 6.89. The monoisotopic (exact) mass is 280 g/mol. The Balaban J connectivity index is 2.11. The Morgan fingerprint density at radius 3 is 2.75 bits per heavy atom. The minimum Gasteiger partial charge on any atom is -0.374 e. The zero-order valence-corrected chi connectivity index (χ0v) is 12.4. The predicted molar refractivity (Wildman–Crippen MR) is 79.3 cm³/mol. The average Bonchev–Trinajstić information content (AvgIpc) is 2.49. The van der Waals surface area contributed by atoms with Crippen LogP contribution in [0.1, 0.15) is 31.9 Å². The van der Waals surface area contributed by atoms with Crippen molar-refractivity contribution in [2.45, 2.75) is 32.4 Å². The Morgan fingerprint density at radius 1 is 1.35 bits per heavy atom. The predicted octanol–water partition coefficient (Wildman–Crippen LogP) is 2.59. The van der Waals surface area contributed by atoms with Crippen molar-refractivity contribution in [1.29, 1.82) is 0 Å². The van der Waals surface area contributed by atoms with Gasteiger partial charge in [-0.2, -0.15) is 0 Å². The fourth-order valence-electron chi connectivity index (χ4n) is 2.65. The summed E-state index contributed by atoms with van der Waals surface area (Å²) in [5, 5.41) is 3.55.